The predicted molar refractivity (Wildman–Crippen MR) is 73.0 cm³/mol. The van der Waals surface area contributed by atoms with Gasteiger partial charge in [0.2, 0.25) is 5.91 Å². The van der Waals surface area contributed by atoms with Crippen LogP contribution in [0.4, 0.5) is 0 Å². The lowest BCUT2D eigenvalue weighted by atomic mass is 10.3. The van der Waals surface area contributed by atoms with Gasteiger partial charge < -0.3 is 15.8 Å². The first-order valence-corrected chi connectivity index (χ1v) is 5.44. The summed E-state index contributed by atoms with van der Waals surface area (Å²) in [4.78, 5) is 15.6. The van der Waals surface area contributed by atoms with Crippen molar-refractivity contribution in [1.29, 1.82) is 0 Å². The molecule has 0 saturated carbocycles. The summed E-state index contributed by atoms with van der Waals surface area (Å²) in [5, 5.41) is 5.52. The lowest BCUT2D eigenvalue weighted by Gasteiger charge is -2.09. The summed E-state index contributed by atoms with van der Waals surface area (Å²) in [5.41, 5.74) is 6.51. The van der Waals surface area contributed by atoms with Crippen LogP contribution in [0.2, 0.25) is 0 Å². The lowest BCUT2D eigenvalue weighted by Crippen LogP contribution is -2.43. The number of nitrogens with two attached hydrogens (primary N) is 1. The van der Waals surface area contributed by atoms with Gasteiger partial charge in [0.05, 0.1) is 13.2 Å². The van der Waals surface area contributed by atoms with Crippen LogP contribution in [0.15, 0.2) is 5.38 Å². The zero-order valence-corrected chi connectivity index (χ0v) is 12.1. The number of thiazole rings is 1. The Labute approximate surface area is 117 Å². The topological polar surface area (TPSA) is 77.2 Å². The second kappa shape index (κ2) is 9.61. The van der Waals surface area contributed by atoms with E-state index in [0.29, 0.717) is 6.54 Å². The van der Waals surface area contributed by atoms with Crippen LogP contribution in [0.25, 0.3) is 0 Å². The Morgan fingerprint density at radius 3 is 2.76 bits per heavy atom. The highest BCUT2D eigenvalue weighted by atomic mass is 35.5. The van der Waals surface area contributed by atoms with Crippen LogP contribution in [0.3, 0.4) is 0 Å². The van der Waals surface area contributed by atoms with E-state index in [1.54, 1.807) is 0 Å². The van der Waals surface area contributed by atoms with Gasteiger partial charge in [-0.25, -0.2) is 4.98 Å². The third-order valence-electron chi connectivity index (χ3n) is 1.76. The number of methoxy groups -OCH3 is 1. The molecular weight excluding hydrogens is 285 g/mol. The van der Waals surface area contributed by atoms with Gasteiger partial charge >= 0.3 is 0 Å². The minimum absolute atomic E-state index is 0. The van der Waals surface area contributed by atoms with Gasteiger partial charge in [0.15, 0.2) is 0 Å². The second-order valence-electron chi connectivity index (χ2n) is 3.16. The number of nitrogens with one attached hydrogen (secondary N) is 1. The first-order chi connectivity index (χ1) is 7.13. The number of aromatic nitrogens is 1. The predicted octanol–water partition coefficient (Wildman–Crippen LogP) is 0.885. The molecule has 17 heavy (non-hydrogen) atoms. The molecule has 3 N–H and O–H groups in total. The number of hydrogen-bond donors (Lipinski definition) is 2. The van der Waals surface area contributed by atoms with E-state index in [1.807, 2.05) is 12.3 Å². The van der Waals surface area contributed by atoms with Gasteiger partial charge in [-0.3, -0.25) is 4.79 Å². The fraction of sp³-hybridized carbons (Fsp3) is 0.556. The molecule has 0 aromatic carbocycles. The first-order valence-electron chi connectivity index (χ1n) is 4.56. The zero-order valence-electron chi connectivity index (χ0n) is 9.63. The average Bonchev–Trinajstić information content (AvgIpc) is 2.61. The highest BCUT2D eigenvalue weighted by Gasteiger charge is 2.12. The molecule has 0 radical (unpaired) electrons. The average molecular weight is 302 g/mol. The Balaban J connectivity index is 0. The Bertz CT molecular complexity index is 336. The number of carbonyl (C=O) groups excluding carboxylic acids is 1. The number of ether oxygens (including phenoxy) is 1. The number of rotatable bonds is 5. The summed E-state index contributed by atoms with van der Waals surface area (Å²) in [5.74, 6) is -0.218. The van der Waals surface area contributed by atoms with Gasteiger partial charge in [-0.05, 0) is 6.92 Å². The van der Waals surface area contributed by atoms with Crippen molar-refractivity contribution in [3.05, 3.63) is 16.1 Å². The third-order valence-corrected chi connectivity index (χ3v) is 2.73. The summed E-state index contributed by atoms with van der Waals surface area (Å²) in [6.45, 7) is 2.57. The smallest absolute Gasteiger partial charge is 0.239 e. The van der Waals surface area contributed by atoms with Crippen LogP contribution >= 0.6 is 36.2 Å². The molecule has 0 spiro atoms. The van der Waals surface area contributed by atoms with Crippen LogP contribution < -0.4 is 11.1 Å². The number of nitrogens with zero attached hydrogens (tertiary/aromatic N) is 1. The Hall–Kier alpha value is -0.400. The van der Waals surface area contributed by atoms with E-state index in [9.17, 15) is 4.79 Å². The zero-order chi connectivity index (χ0) is 11.3. The van der Waals surface area contributed by atoms with E-state index in [0.717, 1.165) is 10.7 Å². The van der Waals surface area contributed by atoms with Crippen LogP contribution in [0, 0.1) is 6.92 Å². The van der Waals surface area contributed by atoms with E-state index in [-0.39, 0.29) is 37.3 Å². The molecule has 1 rings (SSSR count). The van der Waals surface area contributed by atoms with Gasteiger partial charge in [-0.2, -0.15) is 0 Å². The molecule has 8 heteroatoms. The molecule has 5 nitrogen and oxygen atoms in total. The lowest BCUT2D eigenvalue weighted by molar-refractivity contribution is -0.123. The van der Waals surface area contributed by atoms with E-state index < -0.39 is 6.04 Å². The van der Waals surface area contributed by atoms with Crippen LogP contribution in [-0.2, 0) is 16.1 Å². The Morgan fingerprint density at radius 1 is 1.65 bits per heavy atom. The molecule has 0 aliphatic heterocycles. The standard InChI is InChI=1S/C9H15N3O2S.2ClH/c1-6-5-15-8(12-6)3-11-9(13)7(10)4-14-2;;/h5,7H,3-4,10H2,1-2H3,(H,11,13);2*1H. The molecule has 0 fully saturated rings. The molecule has 1 aromatic rings. The molecule has 1 amide bonds. The molecule has 0 bridgehead atoms. The quantitative estimate of drug-likeness (QED) is 0.846. The summed E-state index contributed by atoms with van der Waals surface area (Å²) in [6.07, 6.45) is 0. The van der Waals surface area contributed by atoms with Crippen molar-refractivity contribution in [3.63, 3.8) is 0 Å². The maximum Gasteiger partial charge on any atom is 0.239 e. The van der Waals surface area contributed by atoms with Crippen molar-refractivity contribution in [2.45, 2.75) is 19.5 Å². The van der Waals surface area contributed by atoms with Gasteiger partial charge in [0.25, 0.3) is 0 Å². The SMILES string of the molecule is COCC(N)C(=O)NCc1nc(C)cs1.Cl.Cl. The normalized spacial score (nSPS) is 11.0. The van der Waals surface area contributed by atoms with E-state index in [2.05, 4.69) is 10.3 Å². The van der Waals surface area contributed by atoms with Crippen molar-refractivity contribution in [3.8, 4) is 0 Å². The van der Waals surface area contributed by atoms with E-state index >= 15 is 0 Å². The van der Waals surface area contributed by atoms with Crippen molar-refractivity contribution < 1.29 is 9.53 Å². The number of aryl methyl sites for hydroxylation is 1. The minimum Gasteiger partial charge on any atom is -0.383 e. The molecule has 1 heterocycles. The van der Waals surface area contributed by atoms with Crippen molar-refractivity contribution in [1.82, 2.24) is 10.3 Å². The summed E-state index contributed by atoms with van der Waals surface area (Å²) in [7, 11) is 1.51. The van der Waals surface area contributed by atoms with Gasteiger partial charge in [0, 0.05) is 18.2 Å². The molecule has 0 saturated heterocycles. The fourth-order valence-corrected chi connectivity index (χ4v) is 1.74. The van der Waals surface area contributed by atoms with Crippen LogP contribution in [-0.4, -0.2) is 30.6 Å². The maximum atomic E-state index is 11.4. The van der Waals surface area contributed by atoms with Crippen molar-refractivity contribution in [2.75, 3.05) is 13.7 Å². The van der Waals surface area contributed by atoms with Gasteiger partial charge in [-0.15, -0.1) is 36.2 Å². The monoisotopic (exact) mass is 301 g/mol. The Kier molecular flexibility index (Phi) is 10.7. The van der Waals surface area contributed by atoms with Crippen molar-refractivity contribution in [2.24, 2.45) is 5.73 Å². The summed E-state index contributed by atoms with van der Waals surface area (Å²) in [6, 6.07) is -0.615. The largest absolute Gasteiger partial charge is 0.383 e. The Morgan fingerprint density at radius 2 is 2.29 bits per heavy atom. The van der Waals surface area contributed by atoms with Gasteiger partial charge in [0.1, 0.15) is 11.0 Å². The molecule has 1 aromatic heterocycles. The highest BCUT2D eigenvalue weighted by molar-refractivity contribution is 7.09. The maximum absolute atomic E-state index is 11.4. The van der Waals surface area contributed by atoms with Gasteiger partial charge in [-0.1, -0.05) is 0 Å². The number of amides is 1. The number of carbonyl (C=O) groups is 1. The van der Waals surface area contributed by atoms with Crippen molar-refractivity contribution >= 4 is 42.1 Å². The summed E-state index contributed by atoms with van der Waals surface area (Å²) >= 11 is 1.52. The third kappa shape index (κ3) is 6.80. The first kappa shape index (κ1) is 19.0. The molecule has 0 aliphatic rings. The van der Waals surface area contributed by atoms with E-state index in [4.69, 9.17) is 10.5 Å². The van der Waals surface area contributed by atoms with Crippen LogP contribution in [0.1, 0.15) is 10.7 Å². The minimum atomic E-state index is -0.615. The van der Waals surface area contributed by atoms with E-state index in [1.165, 1.54) is 18.4 Å². The fourth-order valence-electron chi connectivity index (χ4n) is 1.03. The highest BCUT2D eigenvalue weighted by Crippen LogP contribution is 2.07. The molecule has 1 atom stereocenters. The molecule has 100 valence electrons. The molecular formula is C9H17Cl2N3O2S. The molecule has 1 unspecified atom stereocenters. The number of hydrogen-bond acceptors (Lipinski definition) is 5. The second-order valence-corrected chi connectivity index (χ2v) is 4.10. The molecule has 0 aliphatic carbocycles. The van der Waals surface area contributed by atoms with Crippen LogP contribution in [0.5, 0.6) is 0 Å². The summed E-state index contributed by atoms with van der Waals surface area (Å²) < 4.78 is 4.78. The number of halogens is 2.